The summed E-state index contributed by atoms with van der Waals surface area (Å²) in [5, 5.41) is 11.5. The number of carbonyl (C=O) groups excluding carboxylic acids is 1. The van der Waals surface area contributed by atoms with Crippen LogP contribution in [0.25, 0.3) is 0 Å². The van der Waals surface area contributed by atoms with E-state index in [4.69, 9.17) is 5.11 Å². The molecule has 0 aromatic rings. The fraction of sp³-hybridized carbons (Fsp3) is 0.800. The van der Waals surface area contributed by atoms with Crippen LogP contribution < -0.4 is 5.32 Å². The van der Waals surface area contributed by atoms with Gasteiger partial charge >= 0.3 is 12.1 Å². The molecule has 1 aliphatic heterocycles. The fourth-order valence-electron chi connectivity index (χ4n) is 1.91. The van der Waals surface area contributed by atoms with Crippen LogP contribution in [0.5, 0.6) is 0 Å². The van der Waals surface area contributed by atoms with Crippen LogP contribution in [0.15, 0.2) is 0 Å². The first-order chi connectivity index (χ1) is 8.29. The van der Waals surface area contributed by atoms with Gasteiger partial charge in [0.1, 0.15) is 13.1 Å². The van der Waals surface area contributed by atoms with Crippen molar-refractivity contribution in [3.8, 4) is 0 Å². The first kappa shape index (κ1) is 14.7. The molecule has 8 heteroatoms. The van der Waals surface area contributed by atoms with Gasteiger partial charge in [-0.2, -0.15) is 13.2 Å². The summed E-state index contributed by atoms with van der Waals surface area (Å²) in [6.45, 7) is -1.42. The zero-order chi connectivity index (χ0) is 13.8. The van der Waals surface area contributed by atoms with E-state index in [9.17, 15) is 22.8 Å². The first-order valence-corrected chi connectivity index (χ1v) is 5.57. The van der Waals surface area contributed by atoms with Gasteiger partial charge in [-0.25, -0.2) is 0 Å². The number of hydrogen-bond donors (Lipinski definition) is 2. The van der Waals surface area contributed by atoms with Crippen LogP contribution in [0.2, 0.25) is 0 Å². The lowest BCUT2D eigenvalue weighted by molar-refractivity contribution is -0.168. The molecule has 18 heavy (non-hydrogen) atoms. The smallest absolute Gasteiger partial charge is 0.406 e. The zero-order valence-corrected chi connectivity index (χ0v) is 9.66. The molecule has 0 saturated carbocycles. The summed E-state index contributed by atoms with van der Waals surface area (Å²) in [4.78, 5) is 22.7. The van der Waals surface area contributed by atoms with Crippen LogP contribution in [0.3, 0.4) is 0 Å². The molecule has 1 heterocycles. The summed E-state index contributed by atoms with van der Waals surface area (Å²) in [6, 6.07) is 0. The van der Waals surface area contributed by atoms with Gasteiger partial charge < -0.3 is 15.3 Å². The Hall–Kier alpha value is -1.31. The molecule has 104 valence electrons. The van der Waals surface area contributed by atoms with Crippen molar-refractivity contribution in [1.82, 2.24) is 10.2 Å². The molecule has 0 aromatic heterocycles. The lowest BCUT2D eigenvalue weighted by Gasteiger charge is -2.29. The average molecular weight is 268 g/mol. The van der Waals surface area contributed by atoms with Crippen molar-refractivity contribution in [2.45, 2.75) is 19.0 Å². The van der Waals surface area contributed by atoms with E-state index in [1.807, 2.05) is 0 Å². The zero-order valence-electron chi connectivity index (χ0n) is 9.66. The summed E-state index contributed by atoms with van der Waals surface area (Å²) in [7, 11) is 0. The second-order valence-corrected chi connectivity index (χ2v) is 4.25. The SMILES string of the molecule is O=C(O)CN(CC(F)(F)F)C(=O)C1CCCNC1. The van der Waals surface area contributed by atoms with Gasteiger partial charge in [-0.05, 0) is 19.4 Å². The number of carbonyl (C=O) groups is 2. The van der Waals surface area contributed by atoms with Gasteiger partial charge in [0, 0.05) is 6.54 Å². The highest BCUT2D eigenvalue weighted by Gasteiger charge is 2.36. The third-order valence-electron chi connectivity index (χ3n) is 2.65. The summed E-state index contributed by atoms with van der Waals surface area (Å²) in [6.07, 6.45) is -3.41. The van der Waals surface area contributed by atoms with Crippen molar-refractivity contribution in [2.75, 3.05) is 26.2 Å². The Bertz CT molecular complexity index is 314. The van der Waals surface area contributed by atoms with Crippen molar-refractivity contribution in [1.29, 1.82) is 0 Å². The second-order valence-electron chi connectivity index (χ2n) is 4.25. The quantitative estimate of drug-likeness (QED) is 0.777. The Morgan fingerprint density at radius 3 is 2.50 bits per heavy atom. The van der Waals surface area contributed by atoms with Gasteiger partial charge in [0.15, 0.2) is 0 Å². The maximum absolute atomic E-state index is 12.3. The van der Waals surface area contributed by atoms with Gasteiger partial charge in [-0.3, -0.25) is 9.59 Å². The van der Waals surface area contributed by atoms with E-state index in [-0.39, 0.29) is 0 Å². The van der Waals surface area contributed by atoms with E-state index in [1.165, 1.54) is 0 Å². The molecule has 0 spiro atoms. The monoisotopic (exact) mass is 268 g/mol. The van der Waals surface area contributed by atoms with E-state index in [0.717, 1.165) is 6.54 Å². The Kier molecular flexibility index (Phi) is 4.94. The maximum Gasteiger partial charge on any atom is 0.406 e. The number of carboxylic acids is 1. The van der Waals surface area contributed by atoms with Crippen LogP contribution >= 0.6 is 0 Å². The number of carboxylic acid groups (broad SMARTS) is 1. The molecule has 1 atom stereocenters. The molecule has 0 radical (unpaired) electrons. The van der Waals surface area contributed by atoms with Gasteiger partial charge in [0.25, 0.3) is 0 Å². The van der Waals surface area contributed by atoms with Crippen molar-refractivity contribution >= 4 is 11.9 Å². The van der Waals surface area contributed by atoms with Gasteiger partial charge in [0.05, 0.1) is 5.92 Å². The number of piperidine rings is 1. The number of nitrogens with zero attached hydrogens (tertiary/aromatic N) is 1. The summed E-state index contributed by atoms with van der Waals surface area (Å²) in [5.41, 5.74) is 0. The Balaban J connectivity index is 2.68. The number of hydrogen-bond acceptors (Lipinski definition) is 3. The molecule has 1 aliphatic rings. The summed E-state index contributed by atoms with van der Waals surface area (Å²) >= 11 is 0. The highest BCUT2D eigenvalue weighted by Crippen LogP contribution is 2.20. The lowest BCUT2D eigenvalue weighted by Crippen LogP contribution is -2.48. The number of nitrogens with one attached hydrogen (secondary N) is 1. The first-order valence-electron chi connectivity index (χ1n) is 5.57. The van der Waals surface area contributed by atoms with Crippen LogP contribution in [0.4, 0.5) is 13.2 Å². The van der Waals surface area contributed by atoms with E-state index in [2.05, 4.69) is 5.32 Å². The number of amides is 1. The predicted molar refractivity (Wildman–Crippen MR) is 55.9 cm³/mol. The standard InChI is InChI=1S/C10H15F3N2O3/c11-10(12,13)6-15(5-8(16)17)9(18)7-2-1-3-14-4-7/h7,14H,1-6H2,(H,16,17). The molecular weight excluding hydrogens is 253 g/mol. The van der Waals surface area contributed by atoms with Gasteiger partial charge in [-0.1, -0.05) is 0 Å². The largest absolute Gasteiger partial charge is 0.480 e. The third-order valence-corrected chi connectivity index (χ3v) is 2.65. The molecule has 0 aliphatic carbocycles. The van der Waals surface area contributed by atoms with Crippen LogP contribution in [0, 0.1) is 5.92 Å². The molecular formula is C10H15F3N2O3. The fourth-order valence-corrected chi connectivity index (χ4v) is 1.91. The second kappa shape index (κ2) is 6.03. The summed E-state index contributed by atoms with van der Waals surface area (Å²) in [5.74, 6) is -2.77. The Labute approximate surface area is 102 Å². The molecule has 1 saturated heterocycles. The molecule has 1 rings (SSSR count). The van der Waals surface area contributed by atoms with Crippen LogP contribution in [-0.2, 0) is 9.59 Å². The number of alkyl halides is 3. The predicted octanol–water partition coefficient (Wildman–Crippen LogP) is 0.462. The molecule has 2 N–H and O–H groups in total. The number of halogens is 3. The van der Waals surface area contributed by atoms with E-state index < -0.39 is 37.1 Å². The molecule has 0 bridgehead atoms. The van der Waals surface area contributed by atoms with Crippen LogP contribution in [-0.4, -0.2) is 54.2 Å². The topological polar surface area (TPSA) is 69.6 Å². The Morgan fingerprint density at radius 1 is 1.39 bits per heavy atom. The van der Waals surface area contributed by atoms with Crippen molar-refractivity contribution < 1.29 is 27.9 Å². The highest BCUT2D eigenvalue weighted by atomic mass is 19.4. The van der Waals surface area contributed by atoms with Gasteiger partial charge in [0.2, 0.25) is 5.91 Å². The van der Waals surface area contributed by atoms with Crippen molar-refractivity contribution in [3.63, 3.8) is 0 Å². The molecule has 5 nitrogen and oxygen atoms in total. The minimum atomic E-state index is -4.59. The number of aliphatic carboxylic acids is 1. The molecule has 0 aromatic carbocycles. The highest BCUT2D eigenvalue weighted by molar-refractivity contribution is 5.83. The maximum atomic E-state index is 12.3. The summed E-state index contributed by atoms with van der Waals surface area (Å²) < 4.78 is 36.8. The van der Waals surface area contributed by atoms with E-state index in [0.29, 0.717) is 24.3 Å². The van der Waals surface area contributed by atoms with Crippen LogP contribution in [0.1, 0.15) is 12.8 Å². The minimum Gasteiger partial charge on any atom is -0.480 e. The minimum absolute atomic E-state index is 0.298. The lowest BCUT2D eigenvalue weighted by atomic mass is 9.98. The van der Waals surface area contributed by atoms with Crippen molar-refractivity contribution in [2.24, 2.45) is 5.92 Å². The molecule has 1 amide bonds. The van der Waals surface area contributed by atoms with Crippen molar-refractivity contribution in [3.05, 3.63) is 0 Å². The third kappa shape index (κ3) is 4.91. The number of rotatable bonds is 4. The molecule has 1 fully saturated rings. The van der Waals surface area contributed by atoms with Gasteiger partial charge in [-0.15, -0.1) is 0 Å². The Morgan fingerprint density at radius 2 is 2.06 bits per heavy atom. The van der Waals surface area contributed by atoms with E-state index >= 15 is 0 Å². The normalized spacial score (nSPS) is 20.5. The average Bonchev–Trinajstić information content (AvgIpc) is 2.26. The molecule has 1 unspecified atom stereocenters. The van der Waals surface area contributed by atoms with E-state index in [1.54, 1.807) is 0 Å².